The van der Waals surface area contributed by atoms with Crippen molar-refractivity contribution < 1.29 is 9.18 Å². The van der Waals surface area contributed by atoms with Gasteiger partial charge in [0.25, 0.3) is 0 Å². The summed E-state index contributed by atoms with van der Waals surface area (Å²) < 4.78 is 15.8. The summed E-state index contributed by atoms with van der Waals surface area (Å²) in [5, 5.41) is 12.0. The van der Waals surface area contributed by atoms with E-state index in [2.05, 4.69) is 27.6 Å². The van der Waals surface area contributed by atoms with Gasteiger partial charge in [0.15, 0.2) is 11.0 Å². The zero-order chi connectivity index (χ0) is 21.0. The third kappa shape index (κ3) is 5.03. The molecule has 1 heterocycles. The molecule has 0 unspecified atom stereocenters. The molecule has 0 spiro atoms. The maximum atomic E-state index is 14.0. The predicted octanol–water partition coefficient (Wildman–Crippen LogP) is 5.06. The van der Waals surface area contributed by atoms with Gasteiger partial charge in [-0.15, -0.1) is 10.2 Å². The van der Waals surface area contributed by atoms with Crippen LogP contribution in [0.1, 0.15) is 29.5 Å². The van der Waals surface area contributed by atoms with Crippen LogP contribution >= 0.6 is 11.8 Å². The fourth-order valence-corrected chi connectivity index (χ4v) is 4.14. The maximum Gasteiger partial charge on any atom is 0.224 e. The number of carbonyl (C=O) groups is 1. The lowest BCUT2D eigenvalue weighted by Gasteiger charge is -2.12. The van der Waals surface area contributed by atoms with Crippen molar-refractivity contribution in [3.8, 4) is 11.4 Å². The zero-order valence-corrected chi connectivity index (χ0v) is 17.9. The molecule has 5 nitrogen and oxygen atoms in total. The first-order valence-corrected chi connectivity index (χ1v) is 10.5. The molecule has 0 saturated heterocycles. The molecule has 1 aromatic heterocycles. The maximum absolute atomic E-state index is 14.0. The molecule has 0 aliphatic rings. The van der Waals surface area contributed by atoms with Gasteiger partial charge >= 0.3 is 0 Å². The van der Waals surface area contributed by atoms with Crippen LogP contribution in [0.2, 0.25) is 0 Å². The molecular weight excluding hydrogens is 387 g/mol. The number of aryl methyl sites for hydroxylation is 3. The number of halogens is 1. The number of carbonyl (C=O) groups excluding carboxylic acids is 1. The Morgan fingerprint density at radius 3 is 2.52 bits per heavy atom. The van der Waals surface area contributed by atoms with E-state index < -0.39 is 0 Å². The highest BCUT2D eigenvalue weighted by atomic mass is 32.2. The van der Waals surface area contributed by atoms with Crippen molar-refractivity contribution in [2.75, 3.05) is 11.1 Å². The lowest BCUT2D eigenvalue weighted by atomic mass is 10.0. The van der Waals surface area contributed by atoms with Crippen LogP contribution in [0.4, 0.5) is 10.1 Å². The van der Waals surface area contributed by atoms with E-state index in [0.717, 1.165) is 22.6 Å². The minimum Gasteiger partial charge on any atom is -0.326 e. The summed E-state index contributed by atoms with van der Waals surface area (Å²) in [5.74, 6) is 0.903. The SMILES string of the molecule is Cc1cc(C)c(NC(=O)CCCSc2nnc(-c3ccccc3F)n2C)c(C)c1. The Morgan fingerprint density at radius 1 is 1.14 bits per heavy atom. The van der Waals surface area contributed by atoms with Crippen LogP contribution in [0, 0.1) is 26.6 Å². The number of hydrogen-bond donors (Lipinski definition) is 1. The Morgan fingerprint density at radius 2 is 1.83 bits per heavy atom. The summed E-state index contributed by atoms with van der Waals surface area (Å²) in [6.07, 6.45) is 1.14. The van der Waals surface area contributed by atoms with Crippen molar-refractivity contribution in [2.24, 2.45) is 7.05 Å². The van der Waals surface area contributed by atoms with Crippen LogP contribution in [-0.4, -0.2) is 26.4 Å². The number of nitrogens with zero attached hydrogens (tertiary/aromatic N) is 3. The lowest BCUT2D eigenvalue weighted by Crippen LogP contribution is -2.13. The van der Waals surface area contributed by atoms with Crippen molar-refractivity contribution in [1.29, 1.82) is 0 Å². The van der Waals surface area contributed by atoms with E-state index >= 15 is 0 Å². The quantitative estimate of drug-likeness (QED) is 0.435. The van der Waals surface area contributed by atoms with Crippen molar-refractivity contribution in [3.05, 3.63) is 58.9 Å². The summed E-state index contributed by atoms with van der Waals surface area (Å²) in [4.78, 5) is 12.3. The average Bonchev–Trinajstić information content (AvgIpc) is 3.02. The number of rotatable bonds is 7. The molecule has 152 valence electrons. The zero-order valence-electron chi connectivity index (χ0n) is 17.1. The molecule has 0 radical (unpaired) electrons. The van der Waals surface area contributed by atoms with Crippen molar-refractivity contribution in [2.45, 2.75) is 38.8 Å². The molecule has 0 atom stereocenters. The van der Waals surface area contributed by atoms with Gasteiger partial charge < -0.3 is 9.88 Å². The smallest absolute Gasteiger partial charge is 0.224 e. The molecule has 0 saturated carbocycles. The first kappa shape index (κ1) is 21.0. The molecular formula is C22H25FN4OS. The second-order valence-corrected chi connectivity index (χ2v) is 8.18. The number of hydrogen-bond acceptors (Lipinski definition) is 4. The topological polar surface area (TPSA) is 59.8 Å². The molecule has 1 amide bonds. The van der Waals surface area contributed by atoms with Gasteiger partial charge in [0.2, 0.25) is 5.91 Å². The van der Waals surface area contributed by atoms with Crippen LogP contribution in [0.3, 0.4) is 0 Å². The van der Waals surface area contributed by atoms with Gasteiger partial charge in [0.1, 0.15) is 5.82 Å². The Balaban J connectivity index is 1.53. The standard InChI is InChI=1S/C22H25FN4OS/c1-14-12-15(2)20(16(3)13-14)24-19(28)10-7-11-29-22-26-25-21(27(22)4)17-8-5-6-9-18(17)23/h5-6,8-9,12-13H,7,10-11H2,1-4H3,(H,24,28). The Labute approximate surface area is 174 Å². The molecule has 0 aliphatic heterocycles. The highest BCUT2D eigenvalue weighted by Crippen LogP contribution is 2.25. The molecule has 3 rings (SSSR count). The minimum atomic E-state index is -0.321. The second-order valence-electron chi connectivity index (χ2n) is 7.12. The van der Waals surface area contributed by atoms with E-state index in [1.54, 1.807) is 22.8 Å². The van der Waals surface area contributed by atoms with Gasteiger partial charge in [-0.1, -0.05) is 41.6 Å². The molecule has 0 fully saturated rings. The summed E-state index contributed by atoms with van der Waals surface area (Å²) in [7, 11) is 1.82. The van der Waals surface area contributed by atoms with Crippen LogP contribution < -0.4 is 5.32 Å². The number of nitrogens with one attached hydrogen (secondary N) is 1. The second kappa shape index (κ2) is 9.22. The summed E-state index contributed by atoms with van der Waals surface area (Å²) >= 11 is 1.51. The van der Waals surface area contributed by atoms with Crippen molar-refractivity contribution in [1.82, 2.24) is 14.8 Å². The minimum absolute atomic E-state index is 0.00524. The highest BCUT2D eigenvalue weighted by Gasteiger charge is 2.14. The van der Waals surface area contributed by atoms with Crippen LogP contribution in [0.25, 0.3) is 11.4 Å². The highest BCUT2D eigenvalue weighted by molar-refractivity contribution is 7.99. The fraction of sp³-hybridized carbons (Fsp3) is 0.318. The van der Waals surface area contributed by atoms with Gasteiger partial charge in [0, 0.05) is 24.9 Å². The third-order valence-electron chi connectivity index (χ3n) is 4.67. The molecule has 3 aromatic rings. The van der Waals surface area contributed by atoms with Gasteiger partial charge in [-0.2, -0.15) is 0 Å². The molecule has 0 bridgehead atoms. The summed E-state index contributed by atoms with van der Waals surface area (Å²) in [6.45, 7) is 6.06. The predicted molar refractivity (Wildman–Crippen MR) is 116 cm³/mol. The van der Waals surface area contributed by atoms with E-state index in [0.29, 0.717) is 29.4 Å². The molecule has 0 aliphatic carbocycles. The van der Waals surface area contributed by atoms with Crippen LogP contribution in [0.15, 0.2) is 41.6 Å². The monoisotopic (exact) mass is 412 g/mol. The Bertz CT molecular complexity index is 1010. The number of thioether (sulfide) groups is 1. The van der Waals surface area contributed by atoms with E-state index in [-0.39, 0.29) is 11.7 Å². The van der Waals surface area contributed by atoms with E-state index in [4.69, 9.17) is 0 Å². The van der Waals surface area contributed by atoms with Gasteiger partial charge in [-0.3, -0.25) is 4.79 Å². The normalized spacial score (nSPS) is 10.9. The van der Waals surface area contributed by atoms with E-state index in [1.165, 1.54) is 23.4 Å². The molecule has 1 N–H and O–H groups in total. The van der Waals surface area contributed by atoms with Crippen LogP contribution in [-0.2, 0) is 11.8 Å². The fourth-order valence-electron chi connectivity index (χ4n) is 3.29. The number of anilines is 1. The Kier molecular flexibility index (Phi) is 6.69. The molecule has 2 aromatic carbocycles. The third-order valence-corrected chi connectivity index (χ3v) is 5.78. The number of aromatic nitrogens is 3. The largest absolute Gasteiger partial charge is 0.326 e. The van der Waals surface area contributed by atoms with E-state index in [1.807, 2.05) is 27.8 Å². The van der Waals surface area contributed by atoms with Gasteiger partial charge in [0.05, 0.1) is 5.56 Å². The van der Waals surface area contributed by atoms with Crippen molar-refractivity contribution >= 4 is 23.4 Å². The van der Waals surface area contributed by atoms with Gasteiger partial charge in [-0.05, 0) is 50.5 Å². The van der Waals surface area contributed by atoms with Crippen molar-refractivity contribution in [3.63, 3.8) is 0 Å². The first-order valence-electron chi connectivity index (χ1n) is 9.51. The number of amides is 1. The number of benzene rings is 2. The van der Waals surface area contributed by atoms with Crippen LogP contribution in [0.5, 0.6) is 0 Å². The van der Waals surface area contributed by atoms with E-state index in [9.17, 15) is 9.18 Å². The Hall–Kier alpha value is -2.67. The average molecular weight is 413 g/mol. The lowest BCUT2D eigenvalue weighted by molar-refractivity contribution is -0.116. The molecule has 29 heavy (non-hydrogen) atoms. The van der Waals surface area contributed by atoms with Gasteiger partial charge in [-0.25, -0.2) is 4.39 Å². The summed E-state index contributed by atoms with van der Waals surface area (Å²) in [5.41, 5.74) is 4.66. The first-order chi connectivity index (χ1) is 13.9. The molecule has 7 heteroatoms. The summed E-state index contributed by atoms with van der Waals surface area (Å²) in [6, 6.07) is 10.7.